The number of hydrogen-bond acceptors (Lipinski definition) is 3. The zero-order valence-electron chi connectivity index (χ0n) is 18.0. The summed E-state index contributed by atoms with van der Waals surface area (Å²) in [6.07, 6.45) is -0.199. The Morgan fingerprint density at radius 2 is 1.28 bits per heavy atom. The van der Waals surface area contributed by atoms with Gasteiger partial charge < -0.3 is 0 Å². The van der Waals surface area contributed by atoms with Crippen molar-refractivity contribution in [1.82, 2.24) is 15.2 Å². The highest BCUT2D eigenvalue weighted by atomic mass is 35.5. The fourth-order valence-corrected chi connectivity index (χ4v) is 4.49. The van der Waals surface area contributed by atoms with Crippen molar-refractivity contribution in [3.8, 4) is 22.5 Å². The van der Waals surface area contributed by atoms with Crippen LogP contribution in [0.2, 0.25) is 5.02 Å². The summed E-state index contributed by atoms with van der Waals surface area (Å²) in [7, 11) is 0. The van der Waals surface area contributed by atoms with E-state index in [9.17, 15) is 4.39 Å². The average molecular weight is 444 g/mol. The molecule has 1 heterocycles. The molecule has 5 heteroatoms. The van der Waals surface area contributed by atoms with E-state index >= 15 is 0 Å². The van der Waals surface area contributed by atoms with Crippen LogP contribution in [0.25, 0.3) is 22.5 Å². The highest BCUT2D eigenvalue weighted by Gasteiger charge is 2.50. The number of nitrogens with zero attached hydrogens (tertiary/aromatic N) is 3. The molecule has 5 rings (SSSR count). The second-order valence-electron chi connectivity index (χ2n) is 8.66. The summed E-state index contributed by atoms with van der Waals surface area (Å²) < 4.78 is 14.2. The first kappa shape index (κ1) is 20.8. The van der Waals surface area contributed by atoms with Crippen molar-refractivity contribution in [2.75, 3.05) is 0 Å². The van der Waals surface area contributed by atoms with Gasteiger partial charge in [0.15, 0.2) is 5.82 Å². The van der Waals surface area contributed by atoms with E-state index in [2.05, 4.69) is 60.4 Å². The fraction of sp³-hybridized carbons (Fsp3) is 0.222. The molecular formula is C27H23ClFN3. The molecule has 160 valence electrons. The van der Waals surface area contributed by atoms with Crippen molar-refractivity contribution in [2.24, 2.45) is 0 Å². The van der Waals surface area contributed by atoms with E-state index in [1.807, 2.05) is 36.4 Å². The first-order valence-electron chi connectivity index (χ1n) is 10.7. The molecular weight excluding hydrogens is 421 g/mol. The summed E-state index contributed by atoms with van der Waals surface area (Å²) in [5.74, 6) is 0.556. The number of benzene rings is 3. The Morgan fingerprint density at radius 1 is 0.750 bits per heavy atom. The van der Waals surface area contributed by atoms with Crippen LogP contribution in [0.4, 0.5) is 4.39 Å². The second kappa shape index (κ2) is 8.10. The Hall–Kier alpha value is -3.11. The minimum absolute atomic E-state index is 0.341. The standard InChI is InChI=1S/C27H23ClFN3/c1-17-3-7-19(8-4-17)24-25(20-9-5-18(2)6-10-20)31-32-26(30-24)27(15-23(29)16-27)21-11-13-22(28)14-12-21/h3-14,23H,15-16H2,1-2H3. The number of rotatable bonds is 4. The van der Waals surface area contributed by atoms with Crippen molar-refractivity contribution >= 4 is 11.6 Å². The molecule has 0 saturated heterocycles. The van der Waals surface area contributed by atoms with Crippen molar-refractivity contribution in [3.05, 3.63) is 100 Å². The van der Waals surface area contributed by atoms with Crippen LogP contribution >= 0.6 is 11.6 Å². The molecule has 3 aromatic carbocycles. The predicted molar refractivity (Wildman–Crippen MR) is 127 cm³/mol. The number of alkyl halides is 1. The van der Waals surface area contributed by atoms with Gasteiger partial charge in [0.05, 0.1) is 5.41 Å². The molecule has 1 aliphatic rings. The highest BCUT2D eigenvalue weighted by molar-refractivity contribution is 6.30. The molecule has 3 nitrogen and oxygen atoms in total. The molecule has 0 N–H and O–H groups in total. The predicted octanol–water partition coefficient (Wildman–Crippen LogP) is 6.89. The van der Waals surface area contributed by atoms with Crippen molar-refractivity contribution in [3.63, 3.8) is 0 Å². The van der Waals surface area contributed by atoms with E-state index < -0.39 is 11.6 Å². The zero-order valence-corrected chi connectivity index (χ0v) is 18.8. The van der Waals surface area contributed by atoms with Gasteiger partial charge in [-0.15, -0.1) is 10.2 Å². The maximum absolute atomic E-state index is 14.2. The summed E-state index contributed by atoms with van der Waals surface area (Å²) >= 11 is 6.10. The van der Waals surface area contributed by atoms with Crippen molar-refractivity contribution < 1.29 is 4.39 Å². The maximum atomic E-state index is 14.2. The normalized spacial score (nSPS) is 20.1. The summed E-state index contributed by atoms with van der Waals surface area (Å²) in [6.45, 7) is 4.11. The Morgan fingerprint density at radius 3 is 1.81 bits per heavy atom. The average Bonchev–Trinajstić information content (AvgIpc) is 2.78. The van der Waals surface area contributed by atoms with E-state index in [1.54, 1.807) is 0 Å². The molecule has 4 aromatic rings. The number of hydrogen-bond donors (Lipinski definition) is 0. The topological polar surface area (TPSA) is 38.7 Å². The van der Waals surface area contributed by atoms with E-state index in [-0.39, 0.29) is 0 Å². The van der Waals surface area contributed by atoms with Crippen LogP contribution in [0, 0.1) is 13.8 Å². The van der Waals surface area contributed by atoms with Gasteiger partial charge >= 0.3 is 0 Å². The molecule has 0 bridgehead atoms. The Bertz CT molecular complexity index is 1250. The van der Waals surface area contributed by atoms with Gasteiger partial charge in [0.25, 0.3) is 0 Å². The van der Waals surface area contributed by atoms with Crippen LogP contribution in [0.5, 0.6) is 0 Å². The van der Waals surface area contributed by atoms with Crippen LogP contribution < -0.4 is 0 Å². The minimum atomic E-state index is -0.881. The summed E-state index contributed by atoms with van der Waals surface area (Å²) in [5, 5.41) is 9.83. The monoisotopic (exact) mass is 443 g/mol. The Labute approximate surface area is 192 Å². The molecule has 0 aliphatic heterocycles. The first-order valence-corrected chi connectivity index (χ1v) is 11.1. The lowest BCUT2D eigenvalue weighted by atomic mass is 9.62. The van der Waals surface area contributed by atoms with Gasteiger partial charge in [0, 0.05) is 16.1 Å². The van der Waals surface area contributed by atoms with E-state index in [1.165, 1.54) is 11.1 Å². The van der Waals surface area contributed by atoms with Gasteiger partial charge in [-0.2, -0.15) is 0 Å². The maximum Gasteiger partial charge on any atom is 0.162 e. The molecule has 1 saturated carbocycles. The first-order chi connectivity index (χ1) is 15.4. The molecule has 1 aromatic heterocycles. The van der Waals surface area contributed by atoms with Crippen LogP contribution in [-0.4, -0.2) is 21.4 Å². The zero-order chi connectivity index (χ0) is 22.3. The van der Waals surface area contributed by atoms with Crippen molar-refractivity contribution in [2.45, 2.75) is 38.3 Å². The van der Waals surface area contributed by atoms with Gasteiger partial charge in [0.2, 0.25) is 0 Å². The van der Waals surface area contributed by atoms with E-state index in [4.69, 9.17) is 16.6 Å². The fourth-order valence-electron chi connectivity index (χ4n) is 4.36. The molecule has 0 amide bonds. The third-order valence-electron chi connectivity index (χ3n) is 6.30. The third-order valence-corrected chi connectivity index (χ3v) is 6.55. The lowest BCUT2D eigenvalue weighted by Gasteiger charge is -2.43. The van der Waals surface area contributed by atoms with Gasteiger partial charge in [0.1, 0.15) is 17.6 Å². The molecule has 0 atom stereocenters. The number of aromatic nitrogens is 3. The largest absolute Gasteiger partial charge is 0.247 e. The van der Waals surface area contributed by atoms with E-state index in [0.29, 0.717) is 23.7 Å². The molecule has 32 heavy (non-hydrogen) atoms. The van der Waals surface area contributed by atoms with Crippen LogP contribution in [-0.2, 0) is 5.41 Å². The van der Waals surface area contributed by atoms with Crippen molar-refractivity contribution in [1.29, 1.82) is 0 Å². The van der Waals surface area contributed by atoms with Crippen LogP contribution in [0.15, 0.2) is 72.8 Å². The summed E-state index contributed by atoms with van der Waals surface area (Å²) in [5.41, 5.74) is 6.12. The van der Waals surface area contributed by atoms with E-state index in [0.717, 1.165) is 28.1 Å². The number of halogens is 2. The lowest BCUT2D eigenvalue weighted by molar-refractivity contribution is 0.116. The Kier molecular flexibility index (Phi) is 5.26. The molecule has 1 fully saturated rings. The smallest absolute Gasteiger partial charge is 0.162 e. The third kappa shape index (κ3) is 3.69. The van der Waals surface area contributed by atoms with Gasteiger partial charge in [-0.25, -0.2) is 9.37 Å². The second-order valence-corrected chi connectivity index (χ2v) is 9.10. The summed E-state index contributed by atoms with van der Waals surface area (Å²) in [4.78, 5) is 5.03. The molecule has 0 radical (unpaired) electrons. The Balaban J connectivity index is 1.68. The van der Waals surface area contributed by atoms with Gasteiger partial charge in [-0.1, -0.05) is 83.4 Å². The SMILES string of the molecule is Cc1ccc(-c2nnc(C3(c4ccc(Cl)cc4)CC(F)C3)nc2-c2ccc(C)cc2)cc1. The molecule has 1 aliphatic carbocycles. The minimum Gasteiger partial charge on any atom is -0.247 e. The molecule has 0 unspecified atom stereocenters. The quantitative estimate of drug-likeness (QED) is 0.344. The van der Waals surface area contributed by atoms with Crippen LogP contribution in [0.3, 0.4) is 0 Å². The van der Waals surface area contributed by atoms with Gasteiger partial charge in [-0.3, -0.25) is 0 Å². The molecule has 0 spiro atoms. The van der Waals surface area contributed by atoms with Crippen LogP contribution in [0.1, 0.15) is 35.4 Å². The van der Waals surface area contributed by atoms with Gasteiger partial charge in [-0.05, 0) is 44.4 Å². The highest BCUT2D eigenvalue weighted by Crippen LogP contribution is 2.49. The lowest BCUT2D eigenvalue weighted by Crippen LogP contribution is -2.45. The summed E-state index contributed by atoms with van der Waals surface area (Å²) in [6, 6.07) is 24.0. The number of aryl methyl sites for hydroxylation is 2.